The first-order valence-corrected chi connectivity index (χ1v) is 6.80. The van der Waals surface area contributed by atoms with Crippen molar-refractivity contribution in [1.82, 2.24) is 5.32 Å². The van der Waals surface area contributed by atoms with E-state index < -0.39 is 5.60 Å². The van der Waals surface area contributed by atoms with E-state index in [0.717, 1.165) is 16.8 Å². The maximum Gasteiger partial charge on any atom is 0.297 e. The largest absolute Gasteiger partial charge is 0.448 e. The molecule has 1 N–H and O–H groups in total. The third-order valence-electron chi connectivity index (χ3n) is 3.55. The van der Waals surface area contributed by atoms with Crippen molar-refractivity contribution in [3.05, 3.63) is 65.7 Å². The average molecular weight is 280 g/mol. The summed E-state index contributed by atoms with van der Waals surface area (Å²) in [5.41, 5.74) is 2.11. The van der Waals surface area contributed by atoms with Crippen LogP contribution in [0, 0.1) is 0 Å². The number of fused-ring (bicyclic) bond motifs is 1. The molecule has 0 bridgehead atoms. The van der Waals surface area contributed by atoms with Gasteiger partial charge in [-0.2, -0.15) is 4.99 Å². The molecule has 2 aromatic carbocycles. The van der Waals surface area contributed by atoms with Gasteiger partial charge in [0.25, 0.3) is 6.02 Å². The van der Waals surface area contributed by atoms with Gasteiger partial charge in [-0.15, -0.1) is 0 Å². The first kappa shape index (κ1) is 13.4. The van der Waals surface area contributed by atoms with E-state index in [4.69, 9.17) is 4.74 Å². The standard InChI is InChI=1S/C17H16N2O2/c1-12(20)18-16-19-15-11-7-6-10-14(15)17(2,21-16)13-8-4-3-5-9-13/h3-11H,1-2H3,(H,18,19,20). The Balaban J connectivity index is 2.14. The maximum atomic E-state index is 11.3. The summed E-state index contributed by atoms with van der Waals surface area (Å²) >= 11 is 0. The number of hydrogen-bond donors (Lipinski definition) is 1. The number of benzene rings is 2. The minimum absolute atomic E-state index is 0.205. The average Bonchev–Trinajstić information content (AvgIpc) is 2.47. The van der Waals surface area contributed by atoms with E-state index >= 15 is 0 Å². The molecule has 106 valence electrons. The van der Waals surface area contributed by atoms with E-state index in [-0.39, 0.29) is 11.9 Å². The number of amides is 1. The zero-order valence-corrected chi connectivity index (χ0v) is 12.0. The molecule has 0 aliphatic carbocycles. The summed E-state index contributed by atoms with van der Waals surface area (Å²) in [5, 5.41) is 2.64. The maximum absolute atomic E-state index is 11.3. The number of hydrogen-bond acceptors (Lipinski definition) is 3. The Kier molecular flexibility index (Phi) is 3.22. The highest BCUT2D eigenvalue weighted by Gasteiger charge is 2.37. The number of amidine groups is 1. The molecule has 0 radical (unpaired) electrons. The van der Waals surface area contributed by atoms with Crippen LogP contribution in [0.4, 0.5) is 5.69 Å². The number of nitrogens with one attached hydrogen (secondary N) is 1. The topological polar surface area (TPSA) is 50.7 Å². The van der Waals surface area contributed by atoms with Gasteiger partial charge in [0.1, 0.15) is 0 Å². The molecule has 0 fully saturated rings. The van der Waals surface area contributed by atoms with Gasteiger partial charge < -0.3 is 4.74 Å². The molecule has 1 atom stereocenters. The molecule has 4 nitrogen and oxygen atoms in total. The molecule has 1 amide bonds. The Hall–Kier alpha value is -2.62. The summed E-state index contributed by atoms with van der Waals surface area (Å²) in [5.74, 6) is -0.205. The first-order chi connectivity index (χ1) is 10.1. The van der Waals surface area contributed by atoms with Gasteiger partial charge in [-0.3, -0.25) is 10.1 Å². The monoisotopic (exact) mass is 280 g/mol. The van der Waals surface area contributed by atoms with Crippen LogP contribution in [-0.4, -0.2) is 11.9 Å². The fourth-order valence-electron chi connectivity index (χ4n) is 2.53. The molecule has 2 aromatic rings. The van der Waals surface area contributed by atoms with Crippen molar-refractivity contribution in [3.63, 3.8) is 0 Å². The van der Waals surface area contributed by atoms with Gasteiger partial charge in [0.15, 0.2) is 5.60 Å². The quantitative estimate of drug-likeness (QED) is 0.872. The van der Waals surface area contributed by atoms with Gasteiger partial charge in [0.05, 0.1) is 5.69 Å². The Bertz CT molecular complexity index is 710. The van der Waals surface area contributed by atoms with E-state index in [9.17, 15) is 4.79 Å². The molecule has 21 heavy (non-hydrogen) atoms. The minimum atomic E-state index is -0.683. The number of carbonyl (C=O) groups is 1. The van der Waals surface area contributed by atoms with Crippen molar-refractivity contribution in [2.75, 3.05) is 0 Å². The van der Waals surface area contributed by atoms with E-state index in [0.29, 0.717) is 0 Å². The lowest BCUT2D eigenvalue weighted by atomic mass is 9.86. The van der Waals surface area contributed by atoms with Gasteiger partial charge in [0.2, 0.25) is 5.91 Å². The van der Waals surface area contributed by atoms with Gasteiger partial charge in [-0.25, -0.2) is 0 Å². The minimum Gasteiger partial charge on any atom is -0.448 e. The molecule has 0 saturated heterocycles. The second-order valence-corrected chi connectivity index (χ2v) is 5.12. The Morgan fingerprint density at radius 3 is 2.48 bits per heavy atom. The number of rotatable bonds is 1. The van der Waals surface area contributed by atoms with Crippen LogP contribution in [-0.2, 0) is 15.1 Å². The van der Waals surface area contributed by atoms with Crippen molar-refractivity contribution >= 4 is 17.6 Å². The van der Waals surface area contributed by atoms with Gasteiger partial charge in [0, 0.05) is 12.5 Å². The van der Waals surface area contributed by atoms with Crippen molar-refractivity contribution in [3.8, 4) is 0 Å². The molecule has 1 heterocycles. The lowest BCUT2D eigenvalue weighted by Crippen LogP contribution is -2.41. The predicted octanol–water partition coefficient (Wildman–Crippen LogP) is 3.10. The SMILES string of the molecule is CC(=O)NC1=Nc2ccccc2C(C)(c2ccccc2)O1. The summed E-state index contributed by atoms with van der Waals surface area (Å²) in [6.45, 7) is 3.42. The van der Waals surface area contributed by atoms with Crippen LogP contribution in [0.25, 0.3) is 0 Å². The summed E-state index contributed by atoms with van der Waals surface area (Å²) in [7, 11) is 0. The molecular formula is C17H16N2O2. The molecule has 0 aromatic heterocycles. The van der Waals surface area contributed by atoms with Crippen LogP contribution < -0.4 is 5.32 Å². The third kappa shape index (κ3) is 2.40. The van der Waals surface area contributed by atoms with E-state index in [1.807, 2.05) is 61.5 Å². The molecule has 3 rings (SSSR count). The summed E-state index contributed by atoms with van der Waals surface area (Å²) in [6, 6.07) is 17.9. The van der Waals surface area contributed by atoms with Crippen molar-refractivity contribution in [1.29, 1.82) is 0 Å². The number of carbonyl (C=O) groups excluding carboxylic acids is 1. The summed E-state index contributed by atoms with van der Waals surface area (Å²) < 4.78 is 6.02. The van der Waals surface area contributed by atoms with Crippen LogP contribution >= 0.6 is 0 Å². The van der Waals surface area contributed by atoms with Crippen LogP contribution in [0.5, 0.6) is 0 Å². The van der Waals surface area contributed by atoms with Gasteiger partial charge >= 0.3 is 0 Å². The number of para-hydroxylation sites is 1. The van der Waals surface area contributed by atoms with Crippen LogP contribution in [0.15, 0.2) is 59.6 Å². The fraction of sp³-hybridized carbons (Fsp3) is 0.176. The zero-order valence-electron chi connectivity index (χ0n) is 12.0. The number of aliphatic imine (C=N–C) groups is 1. The van der Waals surface area contributed by atoms with Crippen molar-refractivity contribution in [2.24, 2.45) is 4.99 Å². The molecule has 4 heteroatoms. The van der Waals surface area contributed by atoms with Crippen LogP contribution in [0.1, 0.15) is 25.0 Å². The normalized spacial score (nSPS) is 20.0. The summed E-state index contributed by atoms with van der Waals surface area (Å²) in [4.78, 5) is 15.7. The van der Waals surface area contributed by atoms with Crippen LogP contribution in [0.3, 0.4) is 0 Å². The van der Waals surface area contributed by atoms with Crippen LogP contribution in [0.2, 0.25) is 0 Å². The second kappa shape index (κ2) is 5.05. The Morgan fingerprint density at radius 1 is 1.10 bits per heavy atom. The Labute approximate surface area is 123 Å². The van der Waals surface area contributed by atoms with Crippen molar-refractivity contribution < 1.29 is 9.53 Å². The van der Waals surface area contributed by atoms with Crippen molar-refractivity contribution in [2.45, 2.75) is 19.4 Å². The third-order valence-corrected chi connectivity index (χ3v) is 3.55. The molecule has 0 spiro atoms. The zero-order chi connectivity index (χ0) is 14.9. The summed E-state index contributed by atoms with van der Waals surface area (Å²) in [6.07, 6.45) is 0. The van der Waals surface area contributed by atoms with Gasteiger partial charge in [-0.05, 0) is 18.6 Å². The van der Waals surface area contributed by atoms with E-state index in [1.165, 1.54) is 6.92 Å². The number of ether oxygens (including phenoxy) is 1. The second-order valence-electron chi connectivity index (χ2n) is 5.12. The van der Waals surface area contributed by atoms with E-state index in [2.05, 4.69) is 10.3 Å². The molecule has 0 saturated carbocycles. The molecule has 1 aliphatic rings. The highest BCUT2D eigenvalue weighted by Crippen LogP contribution is 2.41. The lowest BCUT2D eigenvalue weighted by Gasteiger charge is -2.35. The smallest absolute Gasteiger partial charge is 0.297 e. The molecule has 1 unspecified atom stereocenters. The first-order valence-electron chi connectivity index (χ1n) is 6.80. The highest BCUT2D eigenvalue weighted by atomic mass is 16.5. The molecule has 1 aliphatic heterocycles. The van der Waals surface area contributed by atoms with E-state index in [1.54, 1.807) is 0 Å². The highest BCUT2D eigenvalue weighted by molar-refractivity contribution is 5.95. The van der Waals surface area contributed by atoms with Gasteiger partial charge in [-0.1, -0.05) is 48.5 Å². The Morgan fingerprint density at radius 2 is 1.76 bits per heavy atom. The fourth-order valence-corrected chi connectivity index (χ4v) is 2.53. The molecular weight excluding hydrogens is 264 g/mol. The lowest BCUT2D eigenvalue weighted by molar-refractivity contribution is -0.118. The predicted molar refractivity (Wildman–Crippen MR) is 81.3 cm³/mol. The number of nitrogens with zero attached hydrogens (tertiary/aromatic N) is 1.